The Balaban J connectivity index is 1.52. The van der Waals surface area contributed by atoms with E-state index in [9.17, 15) is 9.59 Å². The minimum Gasteiger partial charge on any atom is -0.484 e. The Morgan fingerprint density at radius 3 is 2.18 bits per heavy atom. The summed E-state index contributed by atoms with van der Waals surface area (Å²) in [5.74, 6) is 0.459. The summed E-state index contributed by atoms with van der Waals surface area (Å²) in [4.78, 5) is 28.5. The third kappa shape index (κ3) is 4.78. The first kappa shape index (κ1) is 20.5. The van der Waals surface area contributed by atoms with Crippen LogP contribution < -0.4 is 4.74 Å². The van der Waals surface area contributed by atoms with Crippen LogP contribution in [-0.4, -0.2) is 54.4 Å². The summed E-state index contributed by atoms with van der Waals surface area (Å²) in [7, 11) is 0. The molecule has 3 rings (SSSR count). The van der Waals surface area contributed by atoms with Crippen molar-refractivity contribution in [2.24, 2.45) is 0 Å². The minimum absolute atomic E-state index is 0.0389. The van der Waals surface area contributed by atoms with Crippen molar-refractivity contribution in [2.45, 2.75) is 13.8 Å². The van der Waals surface area contributed by atoms with E-state index in [-0.39, 0.29) is 18.4 Å². The van der Waals surface area contributed by atoms with Crippen molar-refractivity contribution < 1.29 is 14.3 Å². The van der Waals surface area contributed by atoms with Gasteiger partial charge in [0.2, 0.25) is 0 Å². The molecule has 0 aliphatic carbocycles. The van der Waals surface area contributed by atoms with Crippen molar-refractivity contribution in [3.05, 3.63) is 63.1 Å². The van der Waals surface area contributed by atoms with Gasteiger partial charge in [0.1, 0.15) is 5.75 Å². The van der Waals surface area contributed by atoms with Crippen LogP contribution in [0.1, 0.15) is 21.5 Å². The largest absolute Gasteiger partial charge is 0.484 e. The van der Waals surface area contributed by atoms with Gasteiger partial charge in [-0.25, -0.2) is 0 Å². The highest BCUT2D eigenvalue weighted by Gasteiger charge is 2.25. The first-order valence-electron chi connectivity index (χ1n) is 9.07. The smallest absolute Gasteiger partial charge is 0.260 e. The Hall–Kier alpha value is -2.24. The molecular formula is C21H22Cl2N2O3. The number of nitrogens with zero attached hydrogens (tertiary/aromatic N) is 2. The summed E-state index contributed by atoms with van der Waals surface area (Å²) in [6, 6.07) is 10.5. The van der Waals surface area contributed by atoms with Gasteiger partial charge in [0.25, 0.3) is 11.8 Å². The van der Waals surface area contributed by atoms with Crippen LogP contribution in [0.4, 0.5) is 0 Å². The molecule has 1 saturated heterocycles. The molecule has 2 amide bonds. The summed E-state index contributed by atoms with van der Waals surface area (Å²) < 4.78 is 5.65. The fourth-order valence-electron chi connectivity index (χ4n) is 3.19. The highest BCUT2D eigenvalue weighted by molar-refractivity contribution is 6.32. The van der Waals surface area contributed by atoms with E-state index < -0.39 is 0 Å². The molecule has 0 saturated carbocycles. The molecule has 28 heavy (non-hydrogen) atoms. The molecule has 5 nitrogen and oxygen atoms in total. The molecule has 0 radical (unpaired) electrons. The van der Waals surface area contributed by atoms with Gasteiger partial charge < -0.3 is 14.5 Å². The zero-order chi connectivity index (χ0) is 20.3. The lowest BCUT2D eigenvalue weighted by Gasteiger charge is -2.34. The van der Waals surface area contributed by atoms with Gasteiger partial charge in [-0.2, -0.15) is 0 Å². The second-order valence-corrected chi connectivity index (χ2v) is 7.66. The van der Waals surface area contributed by atoms with Gasteiger partial charge in [-0.1, -0.05) is 29.3 Å². The Morgan fingerprint density at radius 1 is 0.964 bits per heavy atom. The lowest BCUT2D eigenvalue weighted by molar-refractivity contribution is -0.134. The number of halogens is 2. The highest BCUT2D eigenvalue weighted by atomic mass is 35.5. The van der Waals surface area contributed by atoms with Gasteiger partial charge in [0, 0.05) is 41.8 Å². The molecule has 148 valence electrons. The van der Waals surface area contributed by atoms with E-state index in [1.165, 1.54) is 0 Å². The van der Waals surface area contributed by atoms with E-state index in [0.29, 0.717) is 47.5 Å². The molecule has 0 N–H and O–H groups in total. The Bertz CT molecular complexity index is 870. The van der Waals surface area contributed by atoms with Crippen LogP contribution in [0.15, 0.2) is 36.4 Å². The summed E-state index contributed by atoms with van der Waals surface area (Å²) in [5, 5.41) is 1.24. The predicted molar refractivity (Wildman–Crippen MR) is 110 cm³/mol. The normalized spacial score (nSPS) is 14.1. The van der Waals surface area contributed by atoms with E-state index in [2.05, 4.69) is 0 Å². The maximum atomic E-state index is 12.6. The SMILES string of the molecule is Cc1cc(OCC(=O)N2CCN(C(=O)c3cccc(Cl)c3)CC2)cc(C)c1Cl. The fraction of sp³-hybridized carbons (Fsp3) is 0.333. The molecule has 7 heteroatoms. The average molecular weight is 421 g/mol. The molecule has 0 bridgehead atoms. The quantitative estimate of drug-likeness (QED) is 0.751. The van der Waals surface area contributed by atoms with Crippen LogP contribution in [0, 0.1) is 13.8 Å². The van der Waals surface area contributed by atoms with Crippen molar-refractivity contribution in [3.63, 3.8) is 0 Å². The summed E-state index contributed by atoms with van der Waals surface area (Å²) in [6.07, 6.45) is 0. The first-order chi connectivity index (χ1) is 13.3. The molecule has 1 heterocycles. The predicted octanol–water partition coefficient (Wildman–Crippen LogP) is 3.97. The number of amides is 2. The van der Waals surface area contributed by atoms with Crippen LogP contribution >= 0.6 is 23.2 Å². The van der Waals surface area contributed by atoms with Crippen LogP contribution in [-0.2, 0) is 4.79 Å². The number of hydrogen-bond donors (Lipinski definition) is 0. The molecule has 0 atom stereocenters. The Morgan fingerprint density at radius 2 is 1.57 bits per heavy atom. The third-order valence-corrected chi connectivity index (χ3v) is 5.59. The van der Waals surface area contributed by atoms with Gasteiger partial charge in [-0.3, -0.25) is 9.59 Å². The molecule has 1 aliphatic heterocycles. The van der Waals surface area contributed by atoms with Gasteiger partial charge in [0.15, 0.2) is 6.61 Å². The Labute approximate surface area is 174 Å². The van der Waals surface area contributed by atoms with Crippen molar-refractivity contribution in [1.29, 1.82) is 0 Å². The Kier molecular flexibility index (Phi) is 6.47. The number of carbonyl (C=O) groups excluding carboxylic acids is 2. The van der Waals surface area contributed by atoms with E-state index in [0.717, 1.165) is 11.1 Å². The second-order valence-electron chi connectivity index (χ2n) is 6.84. The molecule has 0 aromatic heterocycles. The second kappa shape index (κ2) is 8.84. The molecule has 1 fully saturated rings. The standard InChI is InChI=1S/C21H22Cl2N2O3/c1-14-10-18(11-15(2)20(14)23)28-13-19(26)24-6-8-25(9-7-24)21(27)16-4-3-5-17(22)12-16/h3-5,10-12H,6-9,13H2,1-2H3. The number of hydrogen-bond acceptors (Lipinski definition) is 3. The number of piperazine rings is 1. The van der Waals surface area contributed by atoms with E-state index in [4.69, 9.17) is 27.9 Å². The van der Waals surface area contributed by atoms with Crippen LogP contribution in [0.5, 0.6) is 5.75 Å². The molecule has 2 aromatic carbocycles. The zero-order valence-electron chi connectivity index (χ0n) is 15.9. The van der Waals surface area contributed by atoms with E-state index in [1.807, 2.05) is 26.0 Å². The first-order valence-corrected chi connectivity index (χ1v) is 9.83. The number of rotatable bonds is 4. The van der Waals surface area contributed by atoms with Crippen LogP contribution in [0.25, 0.3) is 0 Å². The third-order valence-electron chi connectivity index (χ3n) is 4.76. The molecule has 0 unspecified atom stereocenters. The number of aryl methyl sites for hydroxylation is 2. The molecular weight excluding hydrogens is 399 g/mol. The lowest BCUT2D eigenvalue weighted by atomic mass is 10.1. The zero-order valence-corrected chi connectivity index (χ0v) is 17.4. The average Bonchev–Trinajstić information content (AvgIpc) is 2.69. The molecule has 2 aromatic rings. The highest BCUT2D eigenvalue weighted by Crippen LogP contribution is 2.26. The monoisotopic (exact) mass is 420 g/mol. The summed E-state index contributed by atoms with van der Waals surface area (Å²) in [6.45, 7) is 5.69. The number of benzene rings is 2. The topological polar surface area (TPSA) is 49.9 Å². The van der Waals surface area contributed by atoms with Crippen LogP contribution in [0.2, 0.25) is 10.0 Å². The molecule has 0 spiro atoms. The maximum absolute atomic E-state index is 12.6. The maximum Gasteiger partial charge on any atom is 0.260 e. The van der Waals surface area contributed by atoms with Crippen molar-refractivity contribution in [2.75, 3.05) is 32.8 Å². The number of ether oxygens (including phenoxy) is 1. The van der Waals surface area contributed by atoms with Gasteiger partial charge in [-0.05, 0) is 55.3 Å². The van der Waals surface area contributed by atoms with Gasteiger partial charge >= 0.3 is 0 Å². The lowest BCUT2D eigenvalue weighted by Crippen LogP contribution is -2.51. The summed E-state index contributed by atoms with van der Waals surface area (Å²) >= 11 is 12.1. The minimum atomic E-state index is -0.0971. The summed E-state index contributed by atoms with van der Waals surface area (Å²) in [5.41, 5.74) is 2.39. The fourth-order valence-corrected chi connectivity index (χ4v) is 3.49. The van der Waals surface area contributed by atoms with E-state index >= 15 is 0 Å². The molecule has 1 aliphatic rings. The van der Waals surface area contributed by atoms with Crippen molar-refractivity contribution in [1.82, 2.24) is 9.80 Å². The van der Waals surface area contributed by atoms with E-state index in [1.54, 1.807) is 34.1 Å². The van der Waals surface area contributed by atoms with Crippen LogP contribution in [0.3, 0.4) is 0 Å². The van der Waals surface area contributed by atoms with Gasteiger partial charge in [0.05, 0.1) is 0 Å². The van der Waals surface area contributed by atoms with Crippen molar-refractivity contribution in [3.8, 4) is 5.75 Å². The van der Waals surface area contributed by atoms with Crippen molar-refractivity contribution >= 4 is 35.0 Å². The number of carbonyl (C=O) groups is 2. The van der Waals surface area contributed by atoms with Gasteiger partial charge in [-0.15, -0.1) is 0 Å².